The molecule has 3 nitrogen and oxygen atoms in total. The van der Waals surface area contributed by atoms with Crippen LogP contribution in [0.2, 0.25) is 0 Å². The molecule has 0 aliphatic heterocycles. The largest absolute Gasteiger partial charge is 0.519 e. The van der Waals surface area contributed by atoms with E-state index in [1.54, 1.807) is 0 Å². The Balaban J connectivity index is 2.22. The topological polar surface area (TPSA) is 35.5 Å². The van der Waals surface area contributed by atoms with E-state index in [0.29, 0.717) is 11.5 Å². The van der Waals surface area contributed by atoms with E-state index in [0.717, 1.165) is 25.4 Å². The number of carbonyl (C=O) groups is 1. The van der Waals surface area contributed by atoms with Gasteiger partial charge in [-0.25, -0.2) is 4.79 Å². The first kappa shape index (κ1) is 19.0. The zero-order valence-corrected chi connectivity index (χ0v) is 20.2. The molecule has 2 rings (SSSR count). The second kappa shape index (κ2) is 8.14. The molecular weight excluding hydrogens is 736 g/mol. The van der Waals surface area contributed by atoms with E-state index in [9.17, 15) is 4.79 Å². The van der Waals surface area contributed by atoms with E-state index < -0.39 is 6.16 Å². The van der Waals surface area contributed by atoms with Crippen LogP contribution >= 0.6 is 90.4 Å². The van der Waals surface area contributed by atoms with Gasteiger partial charge in [-0.3, -0.25) is 0 Å². The number of rotatable bonds is 2. The normalized spacial score (nSPS) is 10.5. The predicted molar refractivity (Wildman–Crippen MR) is 120 cm³/mol. The fourth-order valence-corrected chi connectivity index (χ4v) is 6.36. The molecule has 0 amide bonds. The molecule has 0 aromatic heterocycles. The first-order valence-electron chi connectivity index (χ1n) is 6.09. The maximum atomic E-state index is 12.1. The van der Waals surface area contributed by atoms with Crippen molar-refractivity contribution in [3.05, 3.63) is 49.7 Å². The summed E-state index contributed by atoms with van der Waals surface area (Å²) in [5.74, 6) is 1.07. The van der Waals surface area contributed by atoms with Crippen LogP contribution in [0, 0.1) is 28.1 Å². The maximum absolute atomic E-state index is 12.1. The summed E-state index contributed by atoms with van der Waals surface area (Å²) in [6, 6.07) is 7.85. The third-order valence-corrected chi connectivity index (χ3v) is 5.86. The number of aryl methyl sites for hydroxylation is 2. The lowest BCUT2D eigenvalue weighted by Gasteiger charge is -2.12. The molecule has 7 heteroatoms. The minimum Gasteiger partial charge on any atom is -0.392 e. The fraction of sp³-hybridized carbons (Fsp3) is 0.133. The van der Waals surface area contributed by atoms with Gasteiger partial charge in [-0.05, 0) is 140 Å². The van der Waals surface area contributed by atoms with E-state index >= 15 is 0 Å². The molecule has 0 N–H and O–H groups in total. The lowest BCUT2D eigenvalue weighted by atomic mass is 10.2. The summed E-state index contributed by atoms with van der Waals surface area (Å²) in [6.07, 6.45) is -0.723. The van der Waals surface area contributed by atoms with E-state index in [-0.39, 0.29) is 0 Å². The quantitative estimate of drug-likeness (QED) is 0.206. The van der Waals surface area contributed by atoms with Gasteiger partial charge < -0.3 is 9.47 Å². The Morgan fingerprint density at radius 2 is 1.00 bits per heavy atom. The van der Waals surface area contributed by atoms with Gasteiger partial charge in [0.1, 0.15) is 0 Å². The predicted octanol–water partition coefficient (Wildman–Crippen LogP) is 6.30. The van der Waals surface area contributed by atoms with Gasteiger partial charge in [0.25, 0.3) is 0 Å². The second-order valence-electron chi connectivity index (χ2n) is 4.57. The van der Waals surface area contributed by atoms with Crippen LogP contribution in [0.4, 0.5) is 4.79 Å². The summed E-state index contributed by atoms with van der Waals surface area (Å²) in [6.45, 7) is 4.01. The minimum atomic E-state index is -0.723. The number of carbonyl (C=O) groups excluding carboxylic acids is 1. The summed E-state index contributed by atoms with van der Waals surface area (Å²) < 4.78 is 14.3. The lowest BCUT2D eigenvalue weighted by Crippen LogP contribution is -2.16. The van der Waals surface area contributed by atoms with Crippen molar-refractivity contribution in [1.29, 1.82) is 0 Å². The van der Waals surface area contributed by atoms with Crippen LogP contribution < -0.4 is 9.47 Å². The van der Waals surface area contributed by atoms with Gasteiger partial charge in [0.2, 0.25) is 0 Å². The number of hydrogen-bond donors (Lipinski definition) is 0. The monoisotopic (exact) mass is 746 g/mol. The highest BCUT2D eigenvalue weighted by Crippen LogP contribution is 2.31. The first-order chi connectivity index (χ1) is 10.3. The summed E-state index contributed by atoms with van der Waals surface area (Å²) in [7, 11) is 0. The van der Waals surface area contributed by atoms with Crippen LogP contribution in [0.15, 0.2) is 24.3 Å². The Hall–Kier alpha value is 0.630. The number of ether oxygens (including phenoxy) is 2. The minimum absolute atomic E-state index is 0.536. The van der Waals surface area contributed by atoms with Crippen molar-refractivity contribution in [3.63, 3.8) is 0 Å². The average molecular weight is 746 g/mol. The van der Waals surface area contributed by atoms with E-state index in [4.69, 9.17) is 9.47 Å². The highest BCUT2D eigenvalue weighted by molar-refractivity contribution is 14.1. The fourth-order valence-electron chi connectivity index (χ4n) is 1.76. The van der Waals surface area contributed by atoms with E-state index in [2.05, 4.69) is 90.4 Å². The van der Waals surface area contributed by atoms with Gasteiger partial charge in [-0.15, -0.1) is 0 Å². The first-order valence-corrected chi connectivity index (χ1v) is 10.4. The SMILES string of the molecule is Cc1cc(I)c(OC(=O)Oc2c(I)cc(C)cc2I)c(I)c1. The Morgan fingerprint density at radius 1 is 0.727 bits per heavy atom. The molecule has 0 radical (unpaired) electrons. The molecule has 0 saturated carbocycles. The molecule has 0 heterocycles. The molecule has 0 bridgehead atoms. The summed E-state index contributed by atoms with van der Waals surface area (Å²) >= 11 is 8.61. The molecule has 116 valence electrons. The molecule has 22 heavy (non-hydrogen) atoms. The Kier molecular flexibility index (Phi) is 7.02. The summed E-state index contributed by atoms with van der Waals surface area (Å²) in [5.41, 5.74) is 2.24. The second-order valence-corrected chi connectivity index (χ2v) is 9.22. The molecule has 2 aromatic carbocycles. The zero-order valence-electron chi connectivity index (χ0n) is 11.5. The van der Waals surface area contributed by atoms with Crippen molar-refractivity contribution >= 4 is 96.5 Å². The Morgan fingerprint density at radius 3 is 1.27 bits per heavy atom. The number of benzene rings is 2. The van der Waals surface area contributed by atoms with Gasteiger partial charge >= 0.3 is 6.16 Å². The molecule has 0 fully saturated rings. The van der Waals surface area contributed by atoms with Crippen LogP contribution in [-0.4, -0.2) is 6.16 Å². The molecule has 0 aliphatic rings. The van der Waals surface area contributed by atoms with E-state index in [1.807, 2.05) is 38.1 Å². The zero-order chi connectivity index (χ0) is 16.4. The van der Waals surface area contributed by atoms with Crippen LogP contribution in [0.1, 0.15) is 11.1 Å². The molecule has 0 atom stereocenters. The molecular formula is C15H10I4O3. The molecule has 0 spiro atoms. The van der Waals surface area contributed by atoms with Gasteiger partial charge in [0.05, 0.1) is 14.3 Å². The Labute approximate surface area is 183 Å². The molecule has 0 unspecified atom stereocenters. The van der Waals surface area contributed by atoms with Crippen LogP contribution in [-0.2, 0) is 0 Å². The van der Waals surface area contributed by atoms with Crippen molar-refractivity contribution in [2.45, 2.75) is 13.8 Å². The van der Waals surface area contributed by atoms with Gasteiger partial charge in [-0.1, -0.05) is 0 Å². The molecule has 0 saturated heterocycles. The van der Waals surface area contributed by atoms with Crippen molar-refractivity contribution in [3.8, 4) is 11.5 Å². The molecule has 2 aromatic rings. The van der Waals surface area contributed by atoms with Gasteiger partial charge in [0.15, 0.2) is 11.5 Å². The van der Waals surface area contributed by atoms with Crippen molar-refractivity contribution < 1.29 is 14.3 Å². The summed E-state index contributed by atoms with van der Waals surface area (Å²) in [5, 5.41) is 0. The lowest BCUT2D eigenvalue weighted by molar-refractivity contribution is 0.150. The average Bonchev–Trinajstić information content (AvgIpc) is 2.38. The van der Waals surface area contributed by atoms with Gasteiger partial charge in [-0.2, -0.15) is 0 Å². The standard InChI is InChI=1S/C15H10I4O3/c1-7-3-9(16)13(10(17)4-7)21-15(20)22-14-11(18)5-8(2)6-12(14)19/h3-6H,1-2H3. The van der Waals surface area contributed by atoms with Crippen LogP contribution in [0.5, 0.6) is 11.5 Å². The smallest absolute Gasteiger partial charge is 0.392 e. The van der Waals surface area contributed by atoms with Crippen LogP contribution in [0.3, 0.4) is 0 Å². The summed E-state index contributed by atoms with van der Waals surface area (Å²) in [4.78, 5) is 12.1. The Bertz CT molecular complexity index is 636. The van der Waals surface area contributed by atoms with E-state index in [1.165, 1.54) is 0 Å². The van der Waals surface area contributed by atoms with Gasteiger partial charge in [0, 0.05) is 0 Å². The maximum Gasteiger partial charge on any atom is 0.519 e. The molecule has 0 aliphatic carbocycles. The highest BCUT2D eigenvalue weighted by atomic mass is 127. The van der Waals surface area contributed by atoms with Crippen molar-refractivity contribution in [2.75, 3.05) is 0 Å². The van der Waals surface area contributed by atoms with Crippen LogP contribution in [0.25, 0.3) is 0 Å². The number of hydrogen-bond acceptors (Lipinski definition) is 3. The third kappa shape index (κ3) is 4.82. The highest BCUT2D eigenvalue weighted by Gasteiger charge is 2.17. The van der Waals surface area contributed by atoms with Crippen molar-refractivity contribution in [1.82, 2.24) is 0 Å². The third-order valence-electron chi connectivity index (χ3n) is 2.66. The number of halogens is 4. The van der Waals surface area contributed by atoms with Crippen molar-refractivity contribution in [2.24, 2.45) is 0 Å².